The van der Waals surface area contributed by atoms with Gasteiger partial charge in [-0.1, -0.05) is 25.5 Å². The molecule has 1 saturated heterocycles. The summed E-state index contributed by atoms with van der Waals surface area (Å²) in [4.78, 5) is 15.6. The number of carbonyl (C=O) groups is 1. The summed E-state index contributed by atoms with van der Waals surface area (Å²) in [6, 6.07) is 6.44. The summed E-state index contributed by atoms with van der Waals surface area (Å²) in [5.41, 5.74) is 2.21. The van der Waals surface area contributed by atoms with E-state index in [2.05, 4.69) is 36.6 Å². The molecular weight excluding hydrogens is 374 g/mol. The van der Waals surface area contributed by atoms with Gasteiger partial charge in [0.1, 0.15) is 11.4 Å². The van der Waals surface area contributed by atoms with Gasteiger partial charge in [-0.2, -0.15) is 0 Å². The SMILES string of the molecule is C=CCC12CCC[C@@]3(C)CN(C(=O)OC(C)(C)C)C1c1ccc(OC)cc1CC[C@@H]23. The Morgan fingerprint density at radius 3 is 2.77 bits per heavy atom. The van der Waals surface area contributed by atoms with Gasteiger partial charge in [0.2, 0.25) is 0 Å². The Kier molecular flexibility index (Phi) is 5.19. The molecule has 0 radical (unpaired) electrons. The van der Waals surface area contributed by atoms with Gasteiger partial charge in [-0.25, -0.2) is 4.79 Å². The Morgan fingerprint density at radius 1 is 1.33 bits per heavy atom. The van der Waals surface area contributed by atoms with E-state index < -0.39 is 5.60 Å². The van der Waals surface area contributed by atoms with Crippen molar-refractivity contribution in [1.29, 1.82) is 0 Å². The molecule has 1 heterocycles. The minimum atomic E-state index is -0.511. The van der Waals surface area contributed by atoms with E-state index in [-0.39, 0.29) is 23.0 Å². The lowest BCUT2D eigenvalue weighted by Crippen LogP contribution is -2.62. The molecule has 0 spiro atoms. The largest absolute Gasteiger partial charge is 0.497 e. The molecule has 2 fully saturated rings. The summed E-state index contributed by atoms with van der Waals surface area (Å²) in [7, 11) is 1.72. The van der Waals surface area contributed by atoms with E-state index in [0.717, 1.165) is 38.0 Å². The number of carbonyl (C=O) groups excluding carboxylic acids is 1. The van der Waals surface area contributed by atoms with Crippen molar-refractivity contribution in [2.75, 3.05) is 13.7 Å². The summed E-state index contributed by atoms with van der Waals surface area (Å²) in [5.74, 6) is 1.46. The molecule has 1 saturated carbocycles. The molecule has 4 atom stereocenters. The number of amides is 1. The molecule has 4 heteroatoms. The summed E-state index contributed by atoms with van der Waals surface area (Å²) in [5, 5.41) is 0. The lowest BCUT2D eigenvalue weighted by molar-refractivity contribution is -0.144. The minimum Gasteiger partial charge on any atom is -0.497 e. The topological polar surface area (TPSA) is 38.8 Å². The van der Waals surface area contributed by atoms with Crippen LogP contribution in [0.15, 0.2) is 30.9 Å². The van der Waals surface area contributed by atoms with Crippen LogP contribution >= 0.6 is 0 Å². The van der Waals surface area contributed by atoms with Gasteiger partial charge in [0.05, 0.1) is 13.2 Å². The first-order valence-electron chi connectivity index (χ1n) is 11.4. The fourth-order valence-corrected chi connectivity index (χ4v) is 6.89. The molecule has 4 bridgehead atoms. The third-order valence-electron chi connectivity index (χ3n) is 7.81. The van der Waals surface area contributed by atoms with Crippen LogP contribution in [0.25, 0.3) is 0 Å². The normalized spacial score (nSPS) is 32.6. The van der Waals surface area contributed by atoms with Crippen LogP contribution in [0.2, 0.25) is 0 Å². The smallest absolute Gasteiger partial charge is 0.410 e. The number of allylic oxidation sites excluding steroid dienone is 1. The second-order valence-electron chi connectivity index (χ2n) is 10.9. The fraction of sp³-hybridized carbons (Fsp3) is 0.654. The number of nitrogens with zero attached hydrogens (tertiary/aromatic N) is 1. The Bertz CT molecular complexity index is 841. The summed E-state index contributed by atoms with van der Waals surface area (Å²) >= 11 is 0. The summed E-state index contributed by atoms with van der Waals surface area (Å²) in [6.07, 6.45) is 8.54. The van der Waals surface area contributed by atoms with E-state index in [9.17, 15) is 4.79 Å². The number of ether oxygens (including phenoxy) is 2. The molecule has 164 valence electrons. The van der Waals surface area contributed by atoms with Gasteiger partial charge < -0.3 is 14.4 Å². The monoisotopic (exact) mass is 411 g/mol. The lowest BCUT2D eigenvalue weighted by atomic mass is 9.48. The molecule has 1 aliphatic heterocycles. The second-order valence-corrected chi connectivity index (χ2v) is 10.9. The third-order valence-corrected chi connectivity index (χ3v) is 7.81. The minimum absolute atomic E-state index is 0.0176. The highest BCUT2D eigenvalue weighted by molar-refractivity contribution is 5.70. The van der Waals surface area contributed by atoms with Gasteiger partial charge in [-0.05, 0) is 87.5 Å². The number of hydrogen-bond donors (Lipinski definition) is 0. The fourth-order valence-electron chi connectivity index (χ4n) is 6.89. The van der Waals surface area contributed by atoms with E-state index in [1.54, 1.807) is 7.11 Å². The highest BCUT2D eigenvalue weighted by Gasteiger charge is 2.62. The van der Waals surface area contributed by atoms with Gasteiger partial charge in [0, 0.05) is 12.0 Å². The number of likely N-dealkylation sites (tertiary alicyclic amines) is 1. The molecule has 4 nitrogen and oxygen atoms in total. The summed E-state index contributed by atoms with van der Waals surface area (Å²) < 4.78 is 11.5. The zero-order chi connectivity index (χ0) is 21.7. The van der Waals surface area contributed by atoms with Crippen molar-refractivity contribution in [2.24, 2.45) is 16.7 Å². The van der Waals surface area contributed by atoms with Crippen LogP contribution in [0.5, 0.6) is 5.75 Å². The maximum Gasteiger partial charge on any atom is 0.410 e. The van der Waals surface area contributed by atoms with Crippen LogP contribution in [0, 0.1) is 16.7 Å². The highest BCUT2D eigenvalue weighted by Crippen LogP contribution is 2.67. The van der Waals surface area contributed by atoms with Crippen LogP contribution in [0.3, 0.4) is 0 Å². The van der Waals surface area contributed by atoms with Gasteiger partial charge >= 0.3 is 6.09 Å². The van der Waals surface area contributed by atoms with Crippen molar-refractivity contribution in [2.45, 2.75) is 77.9 Å². The summed E-state index contributed by atoms with van der Waals surface area (Å²) in [6.45, 7) is 13.2. The van der Waals surface area contributed by atoms with Crippen LogP contribution in [-0.2, 0) is 11.2 Å². The molecule has 2 aliphatic carbocycles. The van der Waals surface area contributed by atoms with E-state index in [1.165, 1.54) is 24.0 Å². The van der Waals surface area contributed by atoms with Crippen LogP contribution in [0.4, 0.5) is 4.79 Å². The van der Waals surface area contributed by atoms with Crippen LogP contribution < -0.4 is 4.74 Å². The van der Waals surface area contributed by atoms with E-state index in [4.69, 9.17) is 9.47 Å². The van der Waals surface area contributed by atoms with Gasteiger partial charge in [0.25, 0.3) is 0 Å². The number of piperidine rings is 1. The number of hydrogen-bond acceptors (Lipinski definition) is 3. The standard InChI is InChI=1S/C26H37NO3/c1-7-13-26-15-8-14-25(5)17-27(23(28)30-24(2,3)4)22(26)20-11-10-19(29-6)16-18(20)9-12-21(25)26/h7,10-11,16,21-22H,1,8-9,12-15,17H2,2-6H3/t21-,22?,25+,26?/m1/s1. The molecule has 30 heavy (non-hydrogen) atoms. The maximum atomic E-state index is 13.5. The first kappa shape index (κ1) is 21.3. The Morgan fingerprint density at radius 2 is 2.10 bits per heavy atom. The van der Waals surface area contributed by atoms with Crippen molar-refractivity contribution in [3.05, 3.63) is 42.0 Å². The predicted molar refractivity (Wildman–Crippen MR) is 120 cm³/mol. The third kappa shape index (κ3) is 3.33. The van der Waals surface area contributed by atoms with E-state index in [0.29, 0.717) is 5.92 Å². The number of fused-ring (bicyclic) bond motifs is 2. The Hall–Kier alpha value is -1.97. The van der Waals surface area contributed by atoms with Gasteiger partial charge in [-0.15, -0.1) is 6.58 Å². The van der Waals surface area contributed by atoms with Crippen molar-refractivity contribution in [1.82, 2.24) is 4.90 Å². The van der Waals surface area contributed by atoms with Crippen molar-refractivity contribution < 1.29 is 14.3 Å². The lowest BCUT2D eigenvalue weighted by Gasteiger charge is -2.63. The molecule has 1 aromatic carbocycles. The molecular formula is C26H37NO3. The van der Waals surface area contributed by atoms with Crippen molar-refractivity contribution in [3.63, 3.8) is 0 Å². The average molecular weight is 412 g/mol. The van der Waals surface area contributed by atoms with Crippen molar-refractivity contribution >= 4 is 6.09 Å². The average Bonchev–Trinajstić information content (AvgIpc) is 2.75. The van der Waals surface area contributed by atoms with Crippen LogP contribution in [0.1, 0.15) is 77.0 Å². The molecule has 0 N–H and O–H groups in total. The quantitative estimate of drug-likeness (QED) is 0.548. The number of benzene rings is 1. The number of methoxy groups -OCH3 is 1. The number of aryl methyl sites for hydroxylation is 1. The predicted octanol–water partition coefficient (Wildman–Crippen LogP) is 6.30. The molecule has 1 aromatic rings. The second kappa shape index (κ2) is 7.32. The van der Waals surface area contributed by atoms with Gasteiger partial charge in [-0.3, -0.25) is 0 Å². The zero-order valence-electron chi connectivity index (χ0n) is 19.3. The van der Waals surface area contributed by atoms with Crippen molar-refractivity contribution in [3.8, 4) is 5.75 Å². The Balaban J connectivity index is 1.90. The van der Waals surface area contributed by atoms with E-state index >= 15 is 0 Å². The van der Waals surface area contributed by atoms with Gasteiger partial charge in [0.15, 0.2) is 0 Å². The maximum absolute atomic E-state index is 13.5. The molecule has 4 rings (SSSR count). The first-order valence-corrected chi connectivity index (χ1v) is 11.4. The molecule has 2 unspecified atom stereocenters. The van der Waals surface area contributed by atoms with Crippen LogP contribution in [-0.4, -0.2) is 30.2 Å². The Labute approximate surface area is 181 Å². The molecule has 3 aliphatic rings. The zero-order valence-corrected chi connectivity index (χ0v) is 19.3. The molecule has 1 amide bonds. The highest BCUT2D eigenvalue weighted by atomic mass is 16.6. The number of rotatable bonds is 3. The van der Waals surface area contributed by atoms with E-state index in [1.807, 2.05) is 26.8 Å². The molecule has 0 aromatic heterocycles. The first-order chi connectivity index (χ1) is 14.1.